The van der Waals surface area contributed by atoms with E-state index in [9.17, 15) is 22.8 Å². The first-order valence-electron chi connectivity index (χ1n) is 6.96. The highest BCUT2D eigenvalue weighted by Gasteiger charge is 2.31. The summed E-state index contributed by atoms with van der Waals surface area (Å²) in [5.41, 5.74) is 0. The average Bonchev–Trinajstić information content (AvgIpc) is 2.40. The fourth-order valence-electron chi connectivity index (χ4n) is 2.45. The van der Waals surface area contributed by atoms with E-state index in [-0.39, 0.29) is 18.9 Å². The molecule has 0 aromatic rings. The summed E-state index contributed by atoms with van der Waals surface area (Å²) in [5, 5.41) is 11.5. The third kappa shape index (κ3) is 7.31. The van der Waals surface area contributed by atoms with E-state index in [0.29, 0.717) is 0 Å². The topological polar surface area (TPSA) is 75.6 Å². The minimum atomic E-state index is -4.43. The largest absolute Gasteiger partial charge is 0.480 e. The van der Waals surface area contributed by atoms with Crippen molar-refractivity contribution in [2.75, 3.05) is 13.2 Å². The zero-order valence-corrected chi connectivity index (χ0v) is 11.6. The molecule has 0 spiro atoms. The fraction of sp³-hybridized carbons (Fsp3) is 0.846. The third-order valence-electron chi connectivity index (χ3n) is 3.44. The molecule has 1 saturated carbocycles. The van der Waals surface area contributed by atoms with E-state index < -0.39 is 30.7 Å². The number of alkyl halides is 3. The summed E-state index contributed by atoms with van der Waals surface area (Å²) < 4.78 is 39.8. The minimum absolute atomic E-state index is 0.115. The predicted octanol–water partition coefficient (Wildman–Crippen LogP) is 2.11. The number of hydrogen-bond donors (Lipinski definition) is 2. The molecule has 8 heteroatoms. The highest BCUT2D eigenvalue weighted by molar-refractivity contribution is 5.83. The molecule has 1 aliphatic rings. The van der Waals surface area contributed by atoms with E-state index >= 15 is 0 Å². The molecule has 122 valence electrons. The molecule has 1 fully saturated rings. The Morgan fingerprint density at radius 1 is 1.24 bits per heavy atom. The summed E-state index contributed by atoms with van der Waals surface area (Å²) in [4.78, 5) is 22.8. The van der Waals surface area contributed by atoms with Gasteiger partial charge in [0.05, 0.1) is 6.61 Å². The number of amides is 1. The van der Waals surface area contributed by atoms with Crippen molar-refractivity contribution < 1.29 is 32.6 Å². The Balaban J connectivity index is 2.33. The molecule has 2 N–H and O–H groups in total. The summed E-state index contributed by atoms with van der Waals surface area (Å²) in [6, 6.07) is -0.972. The maximum atomic E-state index is 11.8. The van der Waals surface area contributed by atoms with Gasteiger partial charge in [-0.3, -0.25) is 4.79 Å². The van der Waals surface area contributed by atoms with Gasteiger partial charge in [-0.1, -0.05) is 19.3 Å². The molecular formula is C13H20F3NO4. The summed E-state index contributed by atoms with van der Waals surface area (Å²) in [5.74, 6) is -1.82. The first-order valence-corrected chi connectivity index (χ1v) is 6.96. The molecular weight excluding hydrogens is 291 g/mol. The molecule has 21 heavy (non-hydrogen) atoms. The van der Waals surface area contributed by atoms with Crippen LogP contribution in [0.5, 0.6) is 0 Å². The normalized spacial score (nSPS) is 18.2. The molecule has 0 heterocycles. The first-order chi connectivity index (χ1) is 9.79. The number of carbonyl (C=O) groups is 2. The standard InChI is InChI=1S/C13H20F3NO4/c14-13(15,16)8-21-7-6-10(18)17-11(12(19)20)9-4-2-1-3-5-9/h9,11H,1-8H2,(H,17,18)(H,19,20). The van der Waals surface area contributed by atoms with Crippen LogP contribution in [0.4, 0.5) is 13.2 Å². The molecule has 0 bridgehead atoms. The van der Waals surface area contributed by atoms with Crippen molar-refractivity contribution in [1.82, 2.24) is 5.32 Å². The molecule has 1 rings (SSSR count). The Hall–Kier alpha value is -1.31. The van der Waals surface area contributed by atoms with Gasteiger partial charge in [-0.15, -0.1) is 0 Å². The molecule has 1 amide bonds. The summed E-state index contributed by atoms with van der Waals surface area (Å²) in [6.45, 7) is -1.80. The van der Waals surface area contributed by atoms with Crippen LogP contribution in [0, 0.1) is 5.92 Å². The van der Waals surface area contributed by atoms with Crippen molar-refractivity contribution in [2.45, 2.75) is 50.7 Å². The van der Waals surface area contributed by atoms with Crippen LogP contribution in [0.1, 0.15) is 38.5 Å². The van der Waals surface area contributed by atoms with Crippen molar-refractivity contribution in [3.05, 3.63) is 0 Å². The summed E-state index contributed by atoms with van der Waals surface area (Å²) in [6.07, 6.45) is -0.321. The summed E-state index contributed by atoms with van der Waals surface area (Å²) >= 11 is 0. The number of rotatable bonds is 7. The van der Waals surface area contributed by atoms with Gasteiger partial charge in [0.2, 0.25) is 5.91 Å². The highest BCUT2D eigenvalue weighted by Crippen LogP contribution is 2.26. The van der Waals surface area contributed by atoms with Gasteiger partial charge in [0.1, 0.15) is 12.6 Å². The SMILES string of the molecule is O=C(CCOCC(F)(F)F)NC(C(=O)O)C1CCCCC1. The quantitative estimate of drug-likeness (QED) is 0.706. The van der Waals surface area contributed by atoms with Crippen LogP contribution < -0.4 is 5.32 Å². The first kappa shape index (κ1) is 17.7. The van der Waals surface area contributed by atoms with Crippen molar-refractivity contribution in [2.24, 2.45) is 5.92 Å². The molecule has 0 radical (unpaired) electrons. The molecule has 0 aromatic heterocycles. The van der Waals surface area contributed by atoms with E-state index in [1.54, 1.807) is 0 Å². The van der Waals surface area contributed by atoms with E-state index in [4.69, 9.17) is 5.11 Å². The van der Waals surface area contributed by atoms with Gasteiger partial charge >= 0.3 is 12.1 Å². The molecule has 0 saturated heterocycles. The van der Waals surface area contributed by atoms with Crippen molar-refractivity contribution in [3.63, 3.8) is 0 Å². The average molecular weight is 311 g/mol. The van der Waals surface area contributed by atoms with Gasteiger partial charge in [0.15, 0.2) is 0 Å². The Kier molecular flexibility index (Phi) is 6.94. The van der Waals surface area contributed by atoms with Crippen LogP contribution in [0.25, 0.3) is 0 Å². The fourth-order valence-corrected chi connectivity index (χ4v) is 2.45. The Bertz CT molecular complexity index is 354. The number of carboxylic acid groups (broad SMARTS) is 1. The van der Waals surface area contributed by atoms with Crippen LogP contribution in [-0.4, -0.2) is 42.4 Å². The molecule has 0 aliphatic heterocycles. The lowest BCUT2D eigenvalue weighted by Crippen LogP contribution is -2.46. The molecule has 5 nitrogen and oxygen atoms in total. The third-order valence-corrected chi connectivity index (χ3v) is 3.44. The van der Waals surface area contributed by atoms with E-state index in [1.807, 2.05) is 0 Å². The van der Waals surface area contributed by atoms with Gasteiger partial charge < -0.3 is 15.2 Å². The number of aliphatic carboxylic acids is 1. The zero-order chi connectivity index (χ0) is 15.9. The number of carboxylic acids is 1. The second kappa shape index (κ2) is 8.21. The minimum Gasteiger partial charge on any atom is -0.480 e. The Morgan fingerprint density at radius 2 is 1.86 bits per heavy atom. The molecule has 1 aliphatic carbocycles. The van der Waals surface area contributed by atoms with Crippen LogP contribution in [0.2, 0.25) is 0 Å². The van der Waals surface area contributed by atoms with Crippen LogP contribution >= 0.6 is 0 Å². The smallest absolute Gasteiger partial charge is 0.411 e. The maximum absolute atomic E-state index is 11.8. The molecule has 1 atom stereocenters. The summed E-state index contributed by atoms with van der Waals surface area (Å²) in [7, 11) is 0. The van der Waals surface area contributed by atoms with Gasteiger partial charge in [0.25, 0.3) is 0 Å². The van der Waals surface area contributed by atoms with Gasteiger partial charge in [-0.2, -0.15) is 13.2 Å². The van der Waals surface area contributed by atoms with Crippen molar-refractivity contribution in [1.29, 1.82) is 0 Å². The second-order valence-corrected chi connectivity index (χ2v) is 5.20. The Labute approximate surface area is 120 Å². The van der Waals surface area contributed by atoms with E-state index in [1.165, 1.54) is 0 Å². The highest BCUT2D eigenvalue weighted by atomic mass is 19.4. The molecule has 1 unspecified atom stereocenters. The number of nitrogens with one attached hydrogen (secondary N) is 1. The van der Waals surface area contributed by atoms with E-state index in [0.717, 1.165) is 32.1 Å². The van der Waals surface area contributed by atoms with Crippen LogP contribution in [0.3, 0.4) is 0 Å². The maximum Gasteiger partial charge on any atom is 0.411 e. The Morgan fingerprint density at radius 3 is 2.38 bits per heavy atom. The van der Waals surface area contributed by atoms with Gasteiger partial charge in [-0.05, 0) is 18.8 Å². The van der Waals surface area contributed by atoms with Crippen LogP contribution in [0.15, 0.2) is 0 Å². The van der Waals surface area contributed by atoms with Crippen molar-refractivity contribution in [3.8, 4) is 0 Å². The lowest BCUT2D eigenvalue weighted by atomic mass is 9.84. The number of ether oxygens (including phenoxy) is 1. The second-order valence-electron chi connectivity index (χ2n) is 5.20. The predicted molar refractivity (Wildman–Crippen MR) is 67.6 cm³/mol. The monoisotopic (exact) mass is 311 g/mol. The molecule has 0 aromatic carbocycles. The lowest BCUT2D eigenvalue weighted by Gasteiger charge is -2.28. The van der Waals surface area contributed by atoms with Crippen LogP contribution in [-0.2, 0) is 14.3 Å². The lowest BCUT2D eigenvalue weighted by molar-refractivity contribution is -0.174. The van der Waals surface area contributed by atoms with Gasteiger partial charge in [-0.25, -0.2) is 4.79 Å². The number of halogens is 3. The number of carbonyl (C=O) groups excluding carboxylic acids is 1. The van der Waals surface area contributed by atoms with Crippen molar-refractivity contribution >= 4 is 11.9 Å². The van der Waals surface area contributed by atoms with E-state index in [2.05, 4.69) is 10.1 Å². The zero-order valence-electron chi connectivity index (χ0n) is 11.6. The number of hydrogen-bond acceptors (Lipinski definition) is 3. The van der Waals surface area contributed by atoms with Gasteiger partial charge in [0, 0.05) is 6.42 Å².